The summed E-state index contributed by atoms with van der Waals surface area (Å²) in [6.07, 6.45) is 5.78. The normalized spacial score (nSPS) is 30.2. The van der Waals surface area contributed by atoms with Crippen molar-refractivity contribution in [2.45, 2.75) is 57.7 Å². The van der Waals surface area contributed by atoms with Gasteiger partial charge < -0.3 is 9.47 Å². The van der Waals surface area contributed by atoms with Gasteiger partial charge in [-0.3, -0.25) is 0 Å². The number of carbonyl (C=O) groups is 1. The van der Waals surface area contributed by atoms with Gasteiger partial charge in [-0.1, -0.05) is 38.0 Å². The minimum atomic E-state index is -0.550. The highest BCUT2D eigenvalue weighted by Gasteiger charge is 2.41. The average molecular weight is 222 g/mol. The number of cyclic esters (lactones) is 2. The van der Waals surface area contributed by atoms with Crippen LogP contribution in [0.5, 0.6) is 0 Å². The highest BCUT2D eigenvalue weighted by atomic mass is 16.8. The summed E-state index contributed by atoms with van der Waals surface area (Å²) in [6.45, 7) is 1.99. The zero-order chi connectivity index (χ0) is 11.4. The molecule has 3 nitrogen and oxygen atoms in total. The fourth-order valence-electron chi connectivity index (χ4n) is 2.49. The second-order valence-corrected chi connectivity index (χ2v) is 4.44. The third-order valence-electron chi connectivity index (χ3n) is 3.29. The van der Waals surface area contributed by atoms with E-state index < -0.39 is 6.16 Å². The lowest BCUT2D eigenvalue weighted by Crippen LogP contribution is -2.31. The smallest absolute Gasteiger partial charge is 0.426 e. The predicted molar refractivity (Wildman–Crippen MR) is 59.8 cm³/mol. The Morgan fingerprint density at radius 1 is 1.25 bits per heavy atom. The van der Waals surface area contributed by atoms with Gasteiger partial charge in [-0.25, -0.2) is 4.79 Å². The van der Waals surface area contributed by atoms with E-state index in [1.165, 1.54) is 19.3 Å². The number of carbonyl (C=O) groups excluding carboxylic acids is 1. The summed E-state index contributed by atoms with van der Waals surface area (Å²) in [5, 5.41) is 0. The van der Waals surface area contributed by atoms with Crippen molar-refractivity contribution in [2.24, 2.45) is 5.92 Å². The van der Waals surface area contributed by atoms with Gasteiger partial charge in [0, 0.05) is 12.3 Å². The van der Waals surface area contributed by atoms with Gasteiger partial charge in [0.15, 0.2) is 6.10 Å². The first-order valence-corrected chi connectivity index (χ1v) is 6.17. The summed E-state index contributed by atoms with van der Waals surface area (Å²) >= 11 is 0. The molecule has 2 rings (SSSR count). The van der Waals surface area contributed by atoms with Crippen molar-refractivity contribution in [2.75, 3.05) is 0 Å². The summed E-state index contributed by atoms with van der Waals surface area (Å²) in [6, 6.07) is 0. The lowest BCUT2D eigenvalue weighted by atomic mass is 9.83. The Morgan fingerprint density at radius 2 is 2.00 bits per heavy atom. The third-order valence-corrected chi connectivity index (χ3v) is 3.29. The van der Waals surface area contributed by atoms with Crippen LogP contribution in [0.4, 0.5) is 4.79 Å². The molecule has 0 spiro atoms. The Bertz CT molecular complexity index is 307. The van der Waals surface area contributed by atoms with Crippen molar-refractivity contribution in [3.63, 3.8) is 0 Å². The molecule has 0 N–H and O–H groups in total. The van der Waals surface area contributed by atoms with E-state index >= 15 is 0 Å². The van der Waals surface area contributed by atoms with Gasteiger partial charge in [-0.05, 0) is 12.8 Å². The van der Waals surface area contributed by atoms with Crippen molar-refractivity contribution in [3.8, 4) is 11.8 Å². The van der Waals surface area contributed by atoms with Crippen LogP contribution in [0.25, 0.3) is 0 Å². The van der Waals surface area contributed by atoms with Gasteiger partial charge >= 0.3 is 6.16 Å². The van der Waals surface area contributed by atoms with Gasteiger partial charge in [0.05, 0.1) is 0 Å². The van der Waals surface area contributed by atoms with E-state index in [0.717, 1.165) is 19.3 Å². The molecule has 88 valence electrons. The Balaban J connectivity index is 2.02. The SMILES string of the molecule is CCC#C[C@H]1OC(=O)O[C@H]1C1CCCCC1. The molecular weight excluding hydrogens is 204 g/mol. The fraction of sp³-hybridized carbons (Fsp3) is 0.769. The van der Waals surface area contributed by atoms with Gasteiger partial charge in [0.25, 0.3) is 0 Å². The number of hydrogen-bond donors (Lipinski definition) is 0. The molecule has 1 saturated heterocycles. The van der Waals surface area contributed by atoms with E-state index in [2.05, 4.69) is 11.8 Å². The molecule has 0 aromatic rings. The number of rotatable bonds is 1. The zero-order valence-corrected chi connectivity index (χ0v) is 9.70. The summed E-state index contributed by atoms with van der Waals surface area (Å²) in [7, 11) is 0. The van der Waals surface area contributed by atoms with E-state index in [1.54, 1.807) is 0 Å². The summed E-state index contributed by atoms with van der Waals surface area (Å²) in [4.78, 5) is 11.2. The average Bonchev–Trinajstić information content (AvgIpc) is 2.69. The number of hydrogen-bond acceptors (Lipinski definition) is 3. The van der Waals surface area contributed by atoms with Crippen LogP contribution in [-0.2, 0) is 9.47 Å². The van der Waals surface area contributed by atoms with Gasteiger partial charge in [0.1, 0.15) is 0 Å². The van der Waals surface area contributed by atoms with E-state index in [9.17, 15) is 4.79 Å². The Hall–Kier alpha value is -1.17. The van der Waals surface area contributed by atoms with Crippen molar-refractivity contribution in [1.29, 1.82) is 0 Å². The molecule has 1 saturated carbocycles. The molecule has 0 bridgehead atoms. The summed E-state index contributed by atoms with van der Waals surface area (Å²) < 4.78 is 10.3. The molecular formula is C13H18O3. The lowest BCUT2D eigenvalue weighted by molar-refractivity contribution is 0.0813. The summed E-state index contributed by atoms with van der Waals surface area (Å²) in [5.74, 6) is 6.40. The van der Waals surface area contributed by atoms with Gasteiger partial charge in [-0.15, -0.1) is 0 Å². The van der Waals surface area contributed by atoms with E-state index in [4.69, 9.17) is 9.47 Å². The molecule has 0 aromatic heterocycles. The maximum atomic E-state index is 11.2. The highest BCUT2D eigenvalue weighted by Crippen LogP contribution is 2.33. The molecule has 3 heteroatoms. The third kappa shape index (κ3) is 2.49. The van der Waals surface area contributed by atoms with E-state index in [1.807, 2.05) is 6.92 Å². The van der Waals surface area contributed by atoms with Crippen molar-refractivity contribution in [3.05, 3.63) is 0 Å². The largest absolute Gasteiger partial charge is 0.510 e. The van der Waals surface area contributed by atoms with Crippen molar-refractivity contribution >= 4 is 6.16 Å². The second-order valence-electron chi connectivity index (χ2n) is 4.44. The van der Waals surface area contributed by atoms with Crippen molar-refractivity contribution < 1.29 is 14.3 Å². The van der Waals surface area contributed by atoms with Gasteiger partial charge in [0.2, 0.25) is 6.10 Å². The minimum absolute atomic E-state index is 0.133. The van der Waals surface area contributed by atoms with Crippen LogP contribution in [0.3, 0.4) is 0 Å². The molecule has 0 radical (unpaired) electrons. The Labute approximate surface area is 96.5 Å². The summed E-state index contributed by atoms with van der Waals surface area (Å²) in [5.41, 5.74) is 0. The van der Waals surface area contributed by atoms with E-state index in [-0.39, 0.29) is 12.2 Å². The van der Waals surface area contributed by atoms with E-state index in [0.29, 0.717) is 5.92 Å². The quantitative estimate of drug-likeness (QED) is 0.505. The first-order chi connectivity index (χ1) is 7.81. The molecule has 0 aromatic carbocycles. The van der Waals surface area contributed by atoms with Crippen LogP contribution in [0.2, 0.25) is 0 Å². The zero-order valence-electron chi connectivity index (χ0n) is 9.70. The maximum absolute atomic E-state index is 11.2. The number of ether oxygens (including phenoxy) is 2. The van der Waals surface area contributed by atoms with Crippen LogP contribution in [-0.4, -0.2) is 18.4 Å². The molecule has 0 amide bonds. The molecule has 1 heterocycles. The Morgan fingerprint density at radius 3 is 2.69 bits per heavy atom. The predicted octanol–water partition coefficient (Wildman–Crippen LogP) is 2.88. The first kappa shape index (κ1) is 11.3. The van der Waals surface area contributed by atoms with Crippen LogP contribution < -0.4 is 0 Å². The molecule has 0 unspecified atom stereocenters. The molecule has 2 atom stereocenters. The molecule has 16 heavy (non-hydrogen) atoms. The van der Waals surface area contributed by atoms with Crippen LogP contribution in [0, 0.1) is 17.8 Å². The Kier molecular flexibility index (Phi) is 3.71. The molecule has 2 fully saturated rings. The van der Waals surface area contributed by atoms with Crippen LogP contribution in [0.15, 0.2) is 0 Å². The molecule has 2 aliphatic rings. The second kappa shape index (κ2) is 5.25. The van der Waals surface area contributed by atoms with Gasteiger partial charge in [-0.2, -0.15) is 0 Å². The highest BCUT2D eigenvalue weighted by molar-refractivity contribution is 5.63. The molecule has 1 aliphatic carbocycles. The monoisotopic (exact) mass is 222 g/mol. The van der Waals surface area contributed by atoms with Crippen molar-refractivity contribution in [1.82, 2.24) is 0 Å². The standard InChI is InChI=1S/C13H18O3/c1-2-3-9-11-12(16-13(14)15-11)10-7-5-4-6-8-10/h10-12H,2,4-8H2,1H3/t11-,12+/m1/s1. The fourth-order valence-corrected chi connectivity index (χ4v) is 2.49. The minimum Gasteiger partial charge on any atom is -0.426 e. The topological polar surface area (TPSA) is 35.5 Å². The first-order valence-electron chi connectivity index (χ1n) is 6.17. The van der Waals surface area contributed by atoms with Crippen LogP contribution in [0.1, 0.15) is 45.4 Å². The lowest BCUT2D eigenvalue weighted by Gasteiger charge is -2.26. The van der Waals surface area contributed by atoms with Crippen LogP contribution >= 0.6 is 0 Å². The maximum Gasteiger partial charge on any atom is 0.510 e. The molecule has 1 aliphatic heterocycles.